The first-order valence-corrected chi connectivity index (χ1v) is 5.88. The molecule has 0 aromatic carbocycles. The lowest BCUT2D eigenvalue weighted by molar-refractivity contribution is -0.142. The highest BCUT2D eigenvalue weighted by atomic mass is 32.1. The van der Waals surface area contributed by atoms with E-state index in [9.17, 15) is 4.79 Å². The Morgan fingerprint density at radius 2 is 2.44 bits per heavy atom. The number of rotatable bonds is 3. The number of nitrogens with zero attached hydrogens (tertiary/aromatic N) is 2. The molecule has 5 nitrogen and oxygen atoms in total. The fourth-order valence-electron chi connectivity index (χ4n) is 1.53. The SMILES string of the molecule is CCOC(=O)Cc1csc2nc(C)c(N)n12. The molecular formula is C10H13N3O2S. The summed E-state index contributed by atoms with van der Waals surface area (Å²) in [5.74, 6) is 0.350. The van der Waals surface area contributed by atoms with Gasteiger partial charge >= 0.3 is 5.97 Å². The van der Waals surface area contributed by atoms with Gasteiger partial charge in [-0.3, -0.25) is 9.20 Å². The van der Waals surface area contributed by atoms with Gasteiger partial charge in [0.2, 0.25) is 0 Å². The molecular weight excluding hydrogens is 226 g/mol. The van der Waals surface area contributed by atoms with Gasteiger partial charge in [-0.1, -0.05) is 0 Å². The zero-order valence-corrected chi connectivity index (χ0v) is 10.0. The molecule has 86 valence electrons. The van der Waals surface area contributed by atoms with E-state index < -0.39 is 0 Å². The molecule has 2 aromatic heterocycles. The molecule has 0 radical (unpaired) electrons. The maximum Gasteiger partial charge on any atom is 0.311 e. The number of fused-ring (bicyclic) bond motifs is 1. The Bertz CT molecular complexity index is 529. The first-order valence-electron chi connectivity index (χ1n) is 5.00. The fraction of sp³-hybridized carbons (Fsp3) is 0.400. The van der Waals surface area contributed by atoms with E-state index >= 15 is 0 Å². The number of thiazole rings is 1. The van der Waals surface area contributed by atoms with Crippen molar-refractivity contribution in [1.29, 1.82) is 0 Å². The number of anilines is 1. The van der Waals surface area contributed by atoms with Crippen LogP contribution in [0.1, 0.15) is 18.3 Å². The number of nitrogen functional groups attached to an aromatic ring is 1. The van der Waals surface area contributed by atoms with Crippen molar-refractivity contribution in [2.24, 2.45) is 0 Å². The molecule has 2 rings (SSSR count). The van der Waals surface area contributed by atoms with Gasteiger partial charge in [0.15, 0.2) is 4.96 Å². The molecule has 0 unspecified atom stereocenters. The molecule has 0 bridgehead atoms. The first kappa shape index (κ1) is 10.9. The number of hydrogen-bond acceptors (Lipinski definition) is 5. The zero-order valence-electron chi connectivity index (χ0n) is 9.19. The molecule has 0 aliphatic heterocycles. The summed E-state index contributed by atoms with van der Waals surface area (Å²) in [7, 11) is 0. The Morgan fingerprint density at radius 1 is 1.69 bits per heavy atom. The lowest BCUT2D eigenvalue weighted by Crippen LogP contribution is -2.09. The molecule has 0 saturated heterocycles. The molecule has 2 heterocycles. The van der Waals surface area contributed by atoms with Gasteiger partial charge in [-0.05, 0) is 13.8 Å². The van der Waals surface area contributed by atoms with Crippen molar-refractivity contribution >= 4 is 28.1 Å². The maximum atomic E-state index is 11.4. The number of esters is 1. The highest BCUT2D eigenvalue weighted by Gasteiger charge is 2.14. The van der Waals surface area contributed by atoms with Crippen LogP contribution in [0.25, 0.3) is 4.96 Å². The lowest BCUT2D eigenvalue weighted by Gasteiger charge is -2.01. The second-order valence-corrected chi connectivity index (χ2v) is 4.25. The predicted molar refractivity (Wildman–Crippen MR) is 62.6 cm³/mol. The number of hydrogen-bond donors (Lipinski definition) is 1. The maximum absolute atomic E-state index is 11.4. The summed E-state index contributed by atoms with van der Waals surface area (Å²) in [4.78, 5) is 16.5. The van der Waals surface area contributed by atoms with Crippen LogP contribution in [0.15, 0.2) is 5.38 Å². The summed E-state index contributed by atoms with van der Waals surface area (Å²) >= 11 is 1.47. The number of carbonyl (C=O) groups is 1. The van der Waals surface area contributed by atoms with Crippen LogP contribution in [-0.4, -0.2) is 22.0 Å². The number of aromatic nitrogens is 2. The zero-order chi connectivity index (χ0) is 11.7. The van der Waals surface area contributed by atoms with Gasteiger partial charge in [0, 0.05) is 11.1 Å². The Morgan fingerprint density at radius 3 is 3.12 bits per heavy atom. The van der Waals surface area contributed by atoms with Crippen molar-refractivity contribution in [1.82, 2.24) is 9.38 Å². The summed E-state index contributed by atoms with van der Waals surface area (Å²) in [6.45, 7) is 4.03. The smallest absolute Gasteiger partial charge is 0.311 e. The number of carbonyl (C=O) groups excluding carboxylic acids is 1. The van der Waals surface area contributed by atoms with E-state index in [2.05, 4.69) is 4.98 Å². The quantitative estimate of drug-likeness (QED) is 0.822. The van der Waals surface area contributed by atoms with Gasteiger partial charge in [-0.15, -0.1) is 11.3 Å². The van der Waals surface area contributed by atoms with Crippen LogP contribution in [0.4, 0.5) is 5.82 Å². The molecule has 0 saturated carbocycles. The largest absolute Gasteiger partial charge is 0.466 e. The molecule has 0 spiro atoms. The minimum atomic E-state index is -0.243. The van der Waals surface area contributed by atoms with Crippen molar-refractivity contribution < 1.29 is 9.53 Å². The average molecular weight is 239 g/mol. The van der Waals surface area contributed by atoms with E-state index in [0.717, 1.165) is 16.3 Å². The van der Waals surface area contributed by atoms with E-state index in [-0.39, 0.29) is 12.4 Å². The predicted octanol–water partition coefficient (Wildman–Crippen LogP) is 1.39. The molecule has 6 heteroatoms. The van der Waals surface area contributed by atoms with Gasteiger partial charge in [-0.25, -0.2) is 4.98 Å². The van der Waals surface area contributed by atoms with E-state index in [1.54, 1.807) is 11.3 Å². The third kappa shape index (κ3) is 1.76. The standard InChI is InChI=1S/C10H13N3O2S/c1-3-15-8(14)4-7-5-16-10-12-6(2)9(11)13(7)10/h5H,3-4,11H2,1-2H3. The van der Waals surface area contributed by atoms with Crippen LogP contribution in [-0.2, 0) is 16.0 Å². The molecule has 0 aliphatic carbocycles. The second kappa shape index (κ2) is 4.13. The minimum Gasteiger partial charge on any atom is -0.466 e. The molecule has 16 heavy (non-hydrogen) atoms. The average Bonchev–Trinajstić information content (AvgIpc) is 2.71. The Kier molecular flexibility index (Phi) is 2.82. The molecule has 0 amide bonds. The van der Waals surface area contributed by atoms with Crippen molar-refractivity contribution in [2.45, 2.75) is 20.3 Å². The minimum absolute atomic E-state index is 0.230. The van der Waals surface area contributed by atoms with Crippen LogP contribution in [0.2, 0.25) is 0 Å². The van der Waals surface area contributed by atoms with Gasteiger partial charge in [0.05, 0.1) is 18.7 Å². The summed E-state index contributed by atoms with van der Waals surface area (Å²) in [5.41, 5.74) is 7.51. The molecule has 0 fully saturated rings. The Labute approximate surface area is 96.8 Å². The second-order valence-electron chi connectivity index (χ2n) is 3.41. The highest BCUT2D eigenvalue weighted by molar-refractivity contribution is 7.15. The molecule has 2 N–H and O–H groups in total. The van der Waals surface area contributed by atoms with Gasteiger partial charge in [0.1, 0.15) is 5.82 Å². The van der Waals surface area contributed by atoms with Crippen LogP contribution < -0.4 is 5.73 Å². The third-order valence-electron chi connectivity index (χ3n) is 2.28. The third-order valence-corrected chi connectivity index (χ3v) is 3.16. The van der Waals surface area contributed by atoms with Crippen LogP contribution >= 0.6 is 11.3 Å². The van der Waals surface area contributed by atoms with Gasteiger partial charge < -0.3 is 10.5 Å². The topological polar surface area (TPSA) is 69.6 Å². The molecule has 2 aromatic rings. The van der Waals surface area contributed by atoms with E-state index in [1.807, 2.05) is 12.3 Å². The lowest BCUT2D eigenvalue weighted by atomic mass is 10.3. The Hall–Kier alpha value is -1.56. The number of aryl methyl sites for hydroxylation is 1. The van der Waals surface area contributed by atoms with Gasteiger partial charge in [0.25, 0.3) is 0 Å². The molecule has 0 atom stereocenters. The summed E-state index contributed by atoms with van der Waals surface area (Å²) in [5, 5.41) is 1.88. The van der Waals surface area contributed by atoms with Crippen LogP contribution in [0.5, 0.6) is 0 Å². The van der Waals surface area contributed by atoms with Crippen molar-refractivity contribution in [3.05, 3.63) is 16.8 Å². The fourth-order valence-corrected chi connectivity index (χ4v) is 2.47. The number of ether oxygens (including phenoxy) is 1. The van der Waals surface area contributed by atoms with Crippen molar-refractivity contribution in [3.8, 4) is 0 Å². The monoisotopic (exact) mass is 239 g/mol. The van der Waals surface area contributed by atoms with E-state index in [4.69, 9.17) is 10.5 Å². The van der Waals surface area contributed by atoms with Crippen LogP contribution in [0.3, 0.4) is 0 Å². The highest BCUT2D eigenvalue weighted by Crippen LogP contribution is 2.22. The Balaban J connectivity index is 2.34. The first-order chi connectivity index (χ1) is 7.63. The van der Waals surface area contributed by atoms with E-state index in [0.29, 0.717) is 12.4 Å². The summed E-state index contributed by atoms with van der Waals surface area (Å²) in [6.07, 6.45) is 0.230. The van der Waals surface area contributed by atoms with Crippen LogP contribution in [0, 0.1) is 6.92 Å². The summed E-state index contributed by atoms with van der Waals surface area (Å²) in [6, 6.07) is 0. The van der Waals surface area contributed by atoms with Gasteiger partial charge in [-0.2, -0.15) is 0 Å². The molecule has 0 aliphatic rings. The number of imidazole rings is 1. The number of nitrogens with two attached hydrogens (primary N) is 1. The van der Waals surface area contributed by atoms with Crippen molar-refractivity contribution in [3.63, 3.8) is 0 Å². The van der Waals surface area contributed by atoms with E-state index in [1.165, 1.54) is 11.3 Å². The summed E-state index contributed by atoms with van der Waals surface area (Å²) < 4.78 is 6.70. The van der Waals surface area contributed by atoms with Crippen molar-refractivity contribution in [2.75, 3.05) is 12.3 Å². The normalized spacial score (nSPS) is 10.9.